The molecule has 0 saturated heterocycles. The molecule has 1 N–H and O–H groups in total. The van der Waals surface area contributed by atoms with Crippen molar-refractivity contribution >= 4 is 16.5 Å². The molecule has 1 aromatic heterocycles. The van der Waals surface area contributed by atoms with E-state index >= 15 is 0 Å². The van der Waals surface area contributed by atoms with Crippen molar-refractivity contribution in [2.24, 2.45) is 0 Å². The molecule has 0 aliphatic rings. The maximum atomic E-state index is 9.08. The molecule has 1 atom stereocenters. The van der Waals surface area contributed by atoms with Gasteiger partial charge >= 0.3 is 0 Å². The number of aryl methyl sites for hydroxylation is 1. The highest BCUT2D eigenvalue weighted by atomic mass is 32.1. The molecule has 0 saturated carbocycles. The first-order chi connectivity index (χ1) is 8.22. The van der Waals surface area contributed by atoms with Gasteiger partial charge in [-0.05, 0) is 31.3 Å². The van der Waals surface area contributed by atoms with Gasteiger partial charge in [-0.3, -0.25) is 0 Å². The van der Waals surface area contributed by atoms with E-state index in [-0.39, 0.29) is 0 Å². The molecule has 0 fully saturated rings. The van der Waals surface area contributed by atoms with E-state index in [1.165, 1.54) is 37.2 Å². The zero-order chi connectivity index (χ0) is 12.7. The van der Waals surface area contributed by atoms with Crippen molar-refractivity contribution in [2.45, 2.75) is 58.9 Å². The average Bonchev–Trinajstić information content (AvgIpc) is 2.67. The predicted octanol–water partition coefficient (Wildman–Crippen LogP) is 4.09. The Bertz CT molecular complexity index is 379. The van der Waals surface area contributed by atoms with Crippen LogP contribution in [0.25, 0.3) is 0 Å². The molecular weight excluding hydrogens is 230 g/mol. The van der Waals surface area contributed by atoms with Crippen molar-refractivity contribution in [1.82, 2.24) is 4.37 Å². The summed E-state index contributed by atoms with van der Waals surface area (Å²) in [6, 6.07) is 2.71. The molecule has 1 unspecified atom stereocenters. The smallest absolute Gasteiger partial charge is 0.127 e. The Hall–Kier alpha value is -1.08. The van der Waals surface area contributed by atoms with Crippen LogP contribution in [0, 0.1) is 18.3 Å². The van der Waals surface area contributed by atoms with Crippen LogP contribution in [-0.2, 0) is 0 Å². The van der Waals surface area contributed by atoms with Gasteiger partial charge in [-0.15, -0.1) is 0 Å². The van der Waals surface area contributed by atoms with Crippen LogP contribution < -0.4 is 5.32 Å². The molecule has 3 nitrogen and oxygen atoms in total. The lowest BCUT2D eigenvalue weighted by atomic mass is 10.1. The number of nitriles is 1. The second-order valence-electron chi connectivity index (χ2n) is 4.36. The quantitative estimate of drug-likeness (QED) is 0.794. The van der Waals surface area contributed by atoms with E-state index in [0.29, 0.717) is 11.6 Å². The van der Waals surface area contributed by atoms with Crippen molar-refractivity contribution < 1.29 is 0 Å². The first-order valence-electron chi connectivity index (χ1n) is 6.35. The average molecular weight is 251 g/mol. The molecule has 0 bridgehead atoms. The number of rotatable bonds is 7. The van der Waals surface area contributed by atoms with Gasteiger partial charge in [-0.25, -0.2) is 0 Å². The molecule has 1 aromatic rings. The molecule has 0 aliphatic heterocycles. The predicted molar refractivity (Wildman–Crippen MR) is 73.4 cm³/mol. The molecule has 4 heteroatoms. The number of hydrogen-bond donors (Lipinski definition) is 1. The third kappa shape index (κ3) is 4.01. The summed E-state index contributed by atoms with van der Waals surface area (Å²) >= 11 is 1.40. The van der Waals surface area contributed by atoms with Crippen LogP contribution in [0.3, 0.4) is 0 Å². The fraction of sp³-hybridized carbons (Fsp3) is 0.692. The molecular formula is C13H21N3S. The number of aromatic nitrogens is 1. The molecule has 0 aromatic carbocycles. The Labute approximate surface area is 108 Å². The van der Waals surface area contributed by atoms with Crippen LogP contribution in [0.1, 0.15) is 57.2 Å². The maximum absolute atomic E-state index is 9.08. The summed E-state index contributed by atoms with van der Waals surface area (Å²) in [5, 5.41) is 13.5. The highest BCUT2D eigenvalue weighted by Gasteiger charge is 2.14. The first-order valence-corrected chi connectivity index (χ1v) is 7.13. The van der Waals surface area contributed by atoms with Crippen molar-refractivity contribution in [3.63, 3.8) is 0 Å². The van der Waals surface area contributed by atoms with Crippen molar-refractivity contribution in [2.75, 3.05) is 5.32 Å². The zero-order valence-corrected chi connectivity index (χ0v) is 11.7. The summed E-state index contributed by atoms with van der Waals surface area (Å²) in [5.74, 6) is 0. The third-order valence-electron chi connectivity index (χ3n) is 2.85. The van der Waals surface area contributed by atoms with Gasteiger partial charge in [0.15, 0.2) is 0 Å². The standard InChI is InChI=1S/C13H21N3S/c1-4-6-8-11(7-5-2)15-13-12(9-14)10(3)16-17-13/h11,15H,4-8H2,1-3H3. The Morgan fingerprint density at radius 3 is 2.71 bits per heavy atom. The number of unbranched alkanes of at least 4 members (excludes halogenated alkanes) is 1. The van der Waals surface area contributed by atoms with Crippen molar-refractivity contribution in [3.05, 3.63) is 11.3 Å². The highest BCUT2D eigenvalue weighted by molar-refractivity contribution is 7.10. The van der Waals surface area contributed by atoms with E-state index in [1.807, 2.05) is 6.92 Å². The van der Waals surface area contributed by atoms with Crippen LogP contribution in [-0.4, -0.2) is 10.4 Å². The molecule has 0 spiro atoms. The van der Waals surface area contributed by atoms with Gasteiger partial charge in [0.05, 0.1) is 5.69 Å². The summed E-state index contributed by atoms with van der Waals surface area (Å²) in [5.41, 5.74) is 1.55. The summed E-state index contributed by atoms with van der Waals surface area (Å²) in [4.78, 5) is 0. The monoisotopic (exact) mass is 251 g/mol. The lowest BCUT2D eigenvalue weighted by Gasteiger charge is -2.17. The molecule has 0 aliphatic carbocycles. The number of hydrogen-bond acceptors (Lipinski definition) is 4. The minimum atomic E-state index is 0.479. The molecule has 1 rings (SSSR count). The van der Waals surface area contributed by atoms with Crippen molar-refractivity contribution in [3.8, 4) is 6.07 Å². The minimum Gasteiger partial charge on any atom is -0.372 e. The topological polar surface area (TPSA) is 48.7 Å². The molecule has 1 heterocycles. The zero-order valence-electron chi connectivity index (χ0n) is 10.9. The summed E-state index contributed by atoms with van der Waals surface area (Å²) in [6.45, 7) is 6.30. The summed E-state index contributed by atoms with van der Waals surface area (Å²) in [7, 11) is 0. The minimum absolute atomic E-state index is 0.479. The molecule has 17 heavy (non-hydrogen) atoms. The van der Waals surface area contributed by atoms with Gasteiger partial charge in [-0.1, -0.05) is 33.1 Å². The highest BCUT2D eigenvalue weighted by Crippen LogP contribution is 2.25. The van der Waals surface area contributed by atoms with E-state index in [4.69, 9.17) is 5.26 Å². The summed E-state index contributed by atoms with van der Waals surface area (Å²) < 4.78 is 4.24. The maximum Gasteiger partial charge on any atom is 0.127 e. The van der Waals surface area contributed by atoms with Gasteiger partial charge in [0.1, 0.15) is 16.6 Å². The molecule has 94 valence electrons. The van der Waals surface area contributed by atoms with E-state index in [0.717, 1.165) is 17.1 Å². The fourth-order valence-electron chi connectivity index (χ4n) is 1.87. The fourth-order valence-corrected chi connectivity index (χ4v) is 2.70. The summed E-state index contributed by atoms with van der Waals surface area (Å²) in [6.07, 6.45) is 5.95. The van der Waals surface area contributed by atoms with Crippen LogP contribution in [0.2, 0.25) is 0 Å². The normalized spacial score (nSPS) is 12.1. The lowest BCUT2D eigenvalue weighted by Crippen LogP contribution is -2.19. The number of anilines is 1. The Morgan fingerprint density at radius 1 is 1.35 bits per heavy atom. The Morgan fingerprint density at radius 2 is 2.12 bits per heavy atom. The van der Waals surface area contributed by atoms with E-state index in [9.17, 15) is 0 Å². The van der Waals surface area contributed by atoms with Gasteiger partial charge < -0.3 is 5.32 Å². The molecule has 0 radical (unpaired) electrons. The lowest BCUT2D eigenvalue weighted by molar-refractivity contribution is 0.565. The van der Waals surface area contributed by atoms with Crippen molar-refractivity contribution in [1.29, 1.82) is 5.26 Å². The van der Waals surface area contributed by atoms with Gasteiger partial charge in [0, 0.05) is 6.04 Å². The largest absolute Gasteiger partial charge is 0.372 e. The van der Waals surface area contributed by atoms with Gasteiger partial charge in [-0.2, -0.15) is 9.64 Å². The number of nitrogens with zero attached hydrogens (tertiary/aromatic N) is 2. The van der Waals surface area contributed by atoms with Gasteiger partial charge in [0.2, 0.25) is 0 Å². The van der Waals surface area contributed by atoms with Crippen LogP contribution in [0.4, 0.5) is 5.00 Å². The van der Waals surface area contributed by atoms with Crippen LogP contribution in [0.15, 0.2) is 0 Å². The Balaban J connectivity index is 2.68. The third-order valence-corrected chi connectivity index (χ3v) is 3.72. The molecule has 0 amide bonds. The SMILES string of the molecule is CCCCC(CCC)Nc1snc(C)c1C#N. The van der Waals surface area contributed by atoms with Crippen LogP contribution >= 0.6 is 11.5 Å². The second kappa shape index (κ2) is 7.29. The van der Waals surface area contributed by atoms with E-state index < -0.39 is 0 Å². The first kappa shape index (κ1) is 14.0. The second-order valence-corrected chi connectivity index (χ2v) is 5.13. The van der Waals surface area contributed by atoms with Gasteiger partial charge in [0.25, 0.3) is 0 Å². The van der Waals surface area contributed by atoms with E-state index in [2.05, 4.69) is 29.6 Å². The Kier molecular flexibility index (Phi) is 5.99. The number of nitrogens with one attached hydrogen (secondary N) is 1. The van der Waals surface area contributed by atoms with Crippen LogP contribution in [0.5, 0.6) is 0 Å². The van der Waals surface area contributed by atoms with E-state index in [1.54, 1.807) is 0 Å².